The Morgan fingerprint density at radius 2 is 0.448 bits per heavy atom. The molecule has 125 heavy (non-hydrogen) atoms. The summed E-state index contributed by atoms with van der Waals surface area (Å²) in [5, 5.41) is 9.80. The van der Waals surface area contributed by atoms with Crippen molar-refractivity contribution in [2.45, 2.75) is 276 Å². The highest BCUT2D eigenvalue weighted by atomic mass is 16.3. The number of hydrogen-bond donors (Lipinski definition) is 0. The van der Waals surface area contributed by atoms with E-state index in [0.717, 1.165) is 43.9 Å². The fraction of sp³-hybridized carbons (Fsp3) is 0.350. The summed E-state index contributed by atoms with van der Waals surface area (Å²) < 4.78 is 14.2. The lowest BCUT2D eigenvalue weighted by molar-refractivity contribution is 0.398. The first-order chi connectivity index (χ1) is 61.1. The Kier molecular flexibility index (Phi) is 21.2. The molecule has 0 unspecified atom stereocenters. The van der Waals surface area contributed by atoms with E-state index in [1.54, 1.807) is 22.3 Å². The highest BCUT2D eigenvalue weighted by Gasteiger charge is 2.48. The summed E-state index contributed by atoms with van der Waals surface area (Å²) in [4.78, 5) is 0. The average Bonchev–Trinajstić information content (AvgIpc) is 1.52. The minimum absolute atomic E-state index is 0.0255. The first-order valence-electron chi connectivity index (χ1n) is 49.0. The maximum absolute atomic E-state index is 7.11. The zero-order valence-corrected chi connectivity index (χ0v) is 76.2. The lowest BCUT2D eigenvalue weighted by atomic mass is 9.70. The van der Waals surface area contributed by atoms with Crippen LogP contribution in [0.5, 0.6) is 0 Å². The second-order valence-corrected chi connectivity index (χ2v) is 40.4. The molecule has 630 valence electrons. The predicted molar refractivity (Wildman–Crippen MR) is 535 cm³/mol. The van der Waals surface area contributed by atoms with Gasteiger partial charge in [0, 0.05) is 48.6 Å². The van der Waals surface area contributed by atoms with Crippen LogP contribution in [0.3, 0.4) is 0 Å². The van der Waals surface area contributed by atoms with Gasteiger partial charge in [-0.25, -0.2) is 0 Å². The number of rotatable bonds is 32. The van der Waals surface area contributed by atoms with E-state index in [9.17, 15) is 0 Å². The fourth-order valence-corrected chi connectivity index (χ4v) is 25.0. The van der Waals surface area contributed by atoms with Crippen molar-refractivity contribution in [2.24, 2.45) is 0 Å². The topological polar surface area (TPSA) is 26.3 Å². The molecule has 0 amide bonds. The van der Waals surface area contributed by atoms with Crippen LogP contribution in [0.25, 0.3) is 166 Å². The number of fused-ring (bicyclic) bond motifs is 25. The van der Waals surface area contributed by atoms with Gasteiger partial charge in [0.1, 0.15) is 22.3 Å². The van der Waals surface area contributed by atoms with Crippen LogP contribution in [-0.2, 0) is 27.1 Å². The van der Waals surface area contributed by atoms with Gasteiger partial charge in [0.15, 0.2) is 0 Å². The first-order valence-corrected chi connectivity index (χ1v) is 49.0. The van der Waals surface area contributed by atoms with Crippen LogP contribution in [-0.4, -0.2) is 0 Å². The van der Waals surface area contributed by atoms with Crippen LogP contribution in [0.4, 0.5) is 0 Å². The Hall–Kier alpha value is -10.8. The van der Waals surface area contributed by atoms with Gasteiger partial charge < -0.3 is 8.83 Å². The highest BCUT2D eigenvalue weighted by molar-refractivity contribution is 6.15. The predicted octanol–water partition coefficient (Wildman–Crippen LogP) is 36.9. The lowest BCUT2D eigenvalue weighted by Crippen LogP contribution is -2.25. The van der Waals surface area contributed by atoms with Gasteiger partial charge in [0.05, 0.1) is 0 Å². The number of unbranched alkanes of at least 4 members (excludes halogenated alkanes) is 20. The minimum Gasteiger partial charge on any atom is -0.456 e. The maximum atomic E-state index is 7.11. The SMILES string of the molecule is CCCCCCCCC1(CCCCCCCC)c2ccccc2-c2ccc(-c3ccc4c(c3)oc3cc(-c5cc6c(c7ccccc57)-c5cc7c(cc5C6(C)C)-c5cc6c(cc5C7(C)C)-c5c(cc(-c7ccc8c(c7)oc7cc(-c9ccc%10c(c9)C(CCCCCCCC)(CCCCCCCC)c9ccccc9-%10)ccc78)c7ccccc57)C6(C)C)ccc34)cc21. The third-order valence-corrected chi connectivity index (χ3v) is 31.9. The monoisotopic (exact) mass is 1630 g/mol. The number of benzene rings is 14. The Labute approximate surface area is 743 Å². The second-order valence-electron chi connectivity index (χ2n) is 40.4. The molecular formula is C123H126O2. The number of furan rings is 2. The fourth-order valence-electron chi connectivity index (χ4n) is 25.0. The molecule has 16 aromatic rings. The molecular weight excluding hydrogens is 1510 g/mol. The summed E-state index contributed by atoms with van der Waals surface area (Å²) in [7, 11) is 0. The Bertz CT molecular complexity index is 6460. The van der Waals surface area contributed by atoms with E-state index in [2.05, 4.69) is 312 Å². The van der Waals surface area contributed by atoms with Crippen molar-refractivity contribution in [3.63, 3.8) is 0 Å². The molecule has 0 spiro atoms. The molecule has 2 heterocycles. The van der Waals surface area contributed by atoms with Crippen LogP contribution >= 0.6 is 0 Å². The summed E-state index contributed by atoms with van der Waals surface area (Å²) in [6.07, 6.45) is 36.4. The first kappa shape index (κ1) is 81.3. The van der Waals surface area contributed by atoms with E-state index in [1.807, 2.05) is 0 Å². The van der Waals surface area contributed by atoms with Gasteiger partial charge in [-0.1, -0.05) is 369 Å². The summed E-state index contributed by atoms with van der Waals surface area (Å²) in [5.41, 5.74) is 41.4. The van der Waals surface area contributed by atoms with E-state index in [0.29, 0.717) is 0 Å². The molecule has 2 aromatic heterocycles. The highest BCUT2D eigenvalue weighted by Crippen LogP contribution is 2.64. The van der Waals surface area contributed by atoms with Crippen molar-refractivity contribution in [2.75, 3.05) is 0 Å². The molecule has 21 rings (SSSR count). The normalized spacial score (nSPS) is 15.2. The molecule has 2 nitrogen and oxygen atoms in total. The zero-order chi connectivity index (χ0) is 85.1. The molecule has 0 saturated carbocycles. The lowest BCUT2D eigenvalue weighted by Gasteiger charge is -2.33. The smallest absolute Gasteiger partial charge is 0.136 e. The van der Waals surface area contributed by atoms with Gasteiger partial charge in [0.25, 0.3) is 0 Å². The molecule has 14 aromatic carbocycles. The minimum atomic E-state index is -0.284. The van der Waals surface area contributed by atoms with E-state index < -0.39 is 0 Å². The van der Waals surface area contributed by atoms with Crippen LogP contribution in [0.15, 0.2) is 251 Å². The van der Waals surface area contributed by atoms with E-state index >= 15 is 0 Å². The zero-order valence-electron chi connectivity index (χ0n) is 76.2. The molecule has 0 fully saturated rings. The van der Waals surface area contributed by atoms with Gasteiger partial charge >= 0.3 is 0 Å². The van der Waals surface area contributed by atoms with Crippen molar-refractivity contribution in [1.29, 1.82) is 0 Å². The van der Waals surface area contributed by atoms with Crippen molar-refractivity contribution in [1.82, 2.24) is 0 Å². The van der Waals surface area contributed by atoms with Crippen LogP contribution in [0, 0.1) is 0 Å². The standard InChI is InChI=1S/C123H126O2/c1-11-15-19-23-27-39-63-122(64-40-28-24-20-16-12-2)103-49-37-35-45-87(103)89-57-51-79(67-109(89)122)81-53-59-91-93-61-55-83(71-115(93)124-113(91)69-81)97-73-111-117(95-47-33-31-43-85(95)97)101-77-105-99(75-107(101)120(111,7)8)100-76-108-102(78-106(100)119(105,5)6)118-96-48-34-32-44-86(96)98(74-112(118)121(108,9)10)84-56-62-94-92-60-54-82(70-114(92)125-116(94)72-84)80-52-58-90-88-46-36-38-50-104(88)123(110(90)68-80,65-41-29-25-21-17-13-3)66-42-30-26-22-18-14-4/h31-38,43-62,67-78H,11-30,39-42,63-66H2,1-10H3. The van der Waals surface area contributed by atoms with Gasteiger partial charge in [-0.15, -0.1) is 0 Å². The summed E-state index contributed by atoms with van der Waals surface area (Å²) in [6.45, 7) is 24.2. The molecule has 5 aliphatic carbocycles. The van der Waals surface area contributed by atoms with Crippen molar-refractivity contribution < 1.29 is 8.83 Å². The maximum Gasteiger partial charge on any atom is 0.136 e. The van der Waals surface area contributed by atoms with Gasteiger partial charge in [-0.05, 0) is 300 Å². The molecule has 0 saturated heterocycles. The molecule has 2 heteroatoms. The van der Waals surface area contributed by atoms with Crippen molar-refractivity contribution in [3.8, 4) is 100 Å². The molecule has 0 radical (unpaired) electrons. The van der Waals surface area contributed by atoms with Crippen LogP contribution < -0.4 is 0 Å². The quantitative estimate of drug-likeness (QED) is 0.0393. The van der Waals surface area contributed by atoms with Gasteiger partial charge in [0.2, 0.25) is 0 Å². The largest absolute Gasteiger partial charge is 0.456 e. The second kappa shape index (κ2) is 32.6. The Balaban J connectivity index is 0.580. The van der Waals surface area contributed by atoms with Crippen LogP contribution in [0.2, 0.25) is 0 Å². The molecule has 0 aliphatic heterocycles. The molecule has 0 bridgehead atoms. The van der Waals surface area contributed by atoms with Gasteiger partial charge in [-0.3, -0.25) is 0 Å². The van der Waals surface area contributed by atoms with Crippen molar-refractivity contribution >= 4 is 65.4 Å². The average molecular weight is 1640 g/mol. The molecule has 0 atom stereocenters. The third kappa shape index (κ3) is 13.4. The van der Waals surface area contributed by atoms with E-state index in [1.165, 1.54) is 335 Å². The summed E-state index contributed by atoms with van der Waals surface area (Å²) in [5.74, 6) is 0. The number of hydrogen-bond acceptors (Lipinski definition) is 2. The van der Waals surface area contributed by atoms with Gasteiger partial charge in [-0.2, -0.15) is 0 Å². The van der Waals surface area contributed by atoms with Crippen LogP contribution in [0.1, 0.15) is 305 Å². The summed E-state index contributed by atoms with van der Waals surface area (Å²) >= 11 is 0. The molecule has 0 N–H and O–H groups in total. The van der Waals surface area contributed by atoms with E-state index in [-0.39, 0.29) is 27.1 Å². The van der Waals surface area contributed by atoms with E-state index in [4.69, 9.17) is 8.83 Å². The third-order valence-electron chi connectivity index (χ3n) is 31.9. The Morgan fingerprint density at radius 1 is 0.184 bits per heavy atom. The molecule has 5 aliphatic rings. The summed E-state index contributed by atoms with van der Waals surface area (Å²) in [6, 6.07) is 95.8. The Morgan fingerprint density at radius 3 is 0.816 bits per heavy atom. The van der Waals surface area contributed by atoms with Crippen molar-refractivity contribution in [3.05, 3.63) is 298 Å².